The number of carbonyl (C=O) groups is 1. The molecule has 1 rings (SSSR count). The molecule has 0 aromatic rings. The zero-order chi connectivity index (χ0) is 10.4. The van der Waals surface area contributed by atoms with E-state index in [9.17, 15) is 4.79 Å². The lowest BCUT2D eigenvalue weighted by atomic mass is 9.87. The summed E-state index contributed by atoms with van der Waals surface area (Å²) >= 11 is 0. The quantitative estimate of drug-likeness (QED) is 0.687. The van der Waals surface area contributed by atoms with Crippen molar-refractivity contribution in [3.8, 4) is 0 Å². The molecule has 0 atom stereocenters. The lowest BCUT2D eigenvalue weighted by molar-refractivity contribution is -0.123. The minimum absolute atomic E-state index is 0.0982. The van der Waals surface area contributed by atoms with Crippen molar-refractivity contribution in [2.75, 3.05) is 6.61 Å². The van der Waals surface area contributed by atoms with Crippen LogP contribution < -0.4 is 5.73 Å². The number of amides is 1. The van der Waals surface area contributed by atoms with Gasteiger partial charge in [-0.1, -0.05) is 13.3 Å². The molecular formula is C11H21NO2. The number of unbranched alkanes of at least 4 members (excludes halogenated alkanes) is 1. The first-order chi connectivity index (χ1) is 6.74. The van der Waals surface area contributed by atoms with Crippen LogP contribution in [-0.4, -0.2) is 18.6 Å². The summed E-state index contributed by atoms with van der Waals surface area (Å²) in [7, 11) is 0. The third kappa shape index (κ3) is 3.66. The molecule has 0 saturated heterocycles. The topological polar surface area (TPSA) is 52.3 Å². The number of primary amides is 1. The average molecular weight is 199 g/mol. The molecule has 1 fully saturated rings. The van der Waals surface area contributed by atoms with Gasteiger partial charge in [0.15, 0.2) is 0 Å². The van der Waals surface area contributed by atoms with Gasteiger partial charge in [0.2, 0.25) is 5.91 Å². The van der Waals surface area contributed by atoms with Crippen molar-refractivity contribution in [2.24, 2.45) is 11.7 Å². The van der Waals surface area contributed by atoms with Crippen molar-refractivity contribution >= 4 is 5.91 Å². The monoisotopic (exact) mass is 199 g/mol. The highest BCUT2D eigenvalue weighted by Crippen LogP contribution is 2.25. The third-order valence-corrected chi connectivity index (χ3v) is 2.93. The first-order valence-corrected chi connectivity index (χ1v) is 5.65. The highest BCUT2D eigenvalue weighted by atomic mass is 16.5. The number of rotatable bonds is 5. The van der Waals surface area contributed by atoms with Gasteiger partial charge >= 0.3 is 0 Å². The predicted octanol–water partition coefficient (Wildman–Crippen LogP) is 1.85. The van der Waals surface area contributed by atoms with Crippen molar-refractivity contribution in [1.82, 2.24) is 0 Å². The van der Waals surface area contributed by atoms with Crippen molar-refractivity contribution in [3.05, 3.63) is 0 Å². The zero-order valence-electron chi connectivity index (χ0n) is 9.00. The van der Waals surface area contributed by atoms with Gasteiger partial charge in [0.1, 0.15) is 0 Å². The fourth-order valence-electron chi connectivity index (χ4n) is 1.91. The van der Waals surface area contributed by atoms with Gasteiger partial charge in [-0.25, -0.2) is 0 Å². The van der Waals surface area contributed by atoms with Crippen LogP contribution in [0, 0.1) is 5.92 Å². The van der Waals surface area contributed by atoms with Crippen LogP contribution in [0.1, 0.15) is 45.4 Å². The van der Waals surface area contributed by atoms with Crippen molar-refractivity contribution in [3.63, 3.8) is 0 Å². The van der Waals surface area contributed by atoms with Crippen LogP contribution in [0.25, 0.3) is 0 Å². The molecule has 0 unspecified atom stereocenters. The molecular weight excluding hydrogens is 178 g/mol. The van der Waals surface area contributed by atoms with Crippen LogP contribution in [0.5, 0.6) is 0 Å². The summed E-state index contributed by atoms with van der Waals surface area (Å²) in [6, 6.07) is 0. The summed E-state index contributed by atoms with van der Waals surface area (Å²) in [6.45, 7) is 3.02. The smallest absolute Gasteiger partial charge is 0.220 e. The lowest BCUT2D eigenvalue weighted by Gasteiger charge is -2.26. The Morgan fingerprint density at radius 1 is 1.36 bits per heavy atom. The fourth-order valence-corrected chi connectivity index (χ4v) is 1.91. The first-order valence-electron chi connectivity index (χ1n) is 5.65. The molecule has 0 radical (unpaired) electrons. The highest BCUT2D eigenvalue weighted by molar-refractivity contribution is 5.76. The molecule has 3 heteroatoms. The first kappa shape index (κ1) is 11.5. The van der Waals surface area contributed by atoms with Gasteiger partial charge in [0.05, 0.1) is 6.10 Å². The van der Waals surface area contributed by atoms with E-state index in [1.807, 2.05) is 0 Å². The largest absolute Gasteiger partial charge is 0.378 e. The Bertz CT molecular complexity index is 174. The maximum absolute atomic E-state index is 10.9. The maximum atomic E-state index is 10.9. The number of nitrogens with two attached hydrogens (primary N) is 1. The van der Waals surface area contributed by atoms with E-state index in [0.29, 0.717) is 6.10 Å². The molecule has 0 bridgehead atoms. The molecule has 1 aliphatic carbocycles. The van der Waals surface area contributed by atoms with E-state index >= 15 is 0 Å². The second-order valence-electron chi connectivity index (χ2n) is 4.10. The van der Waals surface area contributed by atoms with Crippen LogP contribution in [0.4, 0.5) is 0 Å². The second kappa shape index (κ2) is 6.02. The van der Waals surface area contributed by atoms with Crippen LogP contribution in [0.3, 0.4) is 0 Å². The van der Waals surface area contributed by atoms with Gasteiger partial charge in [0.25, 0.3) is 0 Å². The normalized spacial score (nSPS) is 27.5. The lowest BCUT2D eigenvalue weighted by Crippen LogP contribution is -2.30. The van der Waals surface area contributed by atoms with Gasteiger partial charge in [-0.15, -0.1) is 0 Å². The Hall–Kier alpha value is -0.570. The van der Waals surface area contributed by atoms with E-state index in [-0.39, 0.29) is 11.8 Å². The van der Waals surface area contributed by atoms with E-state index in [1.54, 1.807) is 0 Å². The molecule has 0 aliphatic heterocycles. The maximum Gasteiger partial charge on any atom is 0.220 e. The standard InChI is InChI=1S/C11H21NO2/c1-2-3-8-14-10-6-4-9(5-7-10)11(12)13/h9-10H,2-8H2,1H3,(H2,12,13). The number of ether oxygens (including phenoxy) is 1. The average Bonchev–Trinajstić information content (AvgIpc) is 2.19. The minimum Gasteiger partial charge on any atom is -0.378 e. The van der Waals surface area contributed by atoms with Crippen molar-refractivity contribution in [2.45, 2.75) is 51.6 Å². The van der Waals surface area contributed by atoms with Gasteiger partial charge in [0, 0.05) is 12.5 Å². The highest BCUT2D eigenvalue weighted by Gasteiger charge is 2.24. The predicted molar refractivity (Wildman–Crippen MR) is 55.8 cm³/mol. The molecule has 0 aromatic carbocycles. The van der Waals surface area contributed by atoms with E-state index < -0.39 is 0 Å². The number of hydrogen-bond donors (Lipinski definition) is 1. The van der Waals surface area contributed by atoms with E-state index in [1.165, 1.54) is 6.42 Å². The van der Waals surface area contributed by atoms with E-state index in [0.717, 1.165) is 38.7 Å². The molecule has 0 aromatic heterocycles. The van der Waals surface area contributed by atoms with Crippen molar-refractivity contribution in [1.29, 1.82) is 0 Å². The molecule has 14 heavy (non-hydrogen) atoms. The van der Waals surface area contributed by atoms with Crippen LogP contribution in [-0.2, 0) is 9.53 Å². The van der Waals surface area contributed by atoms with Crippen LogP contribution >= 0.6 is 0 Å². The molecule has 3 nitrogen and oxygen atoms in total. The number of hydrogen-bond acceptors (Lipinski definition) is 2. The summed E-state index contributed by atoms with van der Waals surface area (Å²) in [6.07, 6.45) is 6.50. The van der Waals surface area contributed by atoms with Gasteiger partial charge in [-0.05, 0) is 32.1 Å². The molecule has 82 valence electrons. The summed E-state index contributed by atoms with van der Waals surface area (Å²) in [5.74, 6) is -0.0435. The molecule has 2 N–H and O–H groups in total. The van der Waals surface area contributed by atoms with E-state index in [2.05, 4.69) is 6.92 Å². The second-order valence-corrected chi connectivity index (χ2v) is 4.10. The SMILES string of the molecule is CCCCOC1CCC(C(N)=O)CC1. The van der Waals surface area contributed by atoms with Gasteiger partial charge < -0.3 is 10.5 Å². The summed E-state index contributed by atoms with van der Waals surface area (Å²) in [4.78, 5) is 10.9. The Kier molecular flexibility index (Phi) is 4.94. The molecule has 1 aliphatic rings. The summed E-state index contributed by atoms with van der Waals surface area (Å²) in [5.41, 5.74) is 5.25. The fraction of sp³-hybridized carbons (Fsp3) is 0.909. The summed E-state index contributed by atoms with van der Waals surface area (Å²) < 4.78 is 5.70. The Labute approximate surface area is 86.0 Å². The van der Waals surface area contributed by atoms with E-state index in [4.69, 9.17) is 10.5 Å². The Balaban J connectivity index is 2.12. The van der Waals surface area contributed by atoms with Crippen LogP contribution in [0.15, 0.2) is 0 Å². The Morgan fingerprint density at radius 2 is 2.00 bits per heavy atom. The minimum atomic E-state index is -0.142. The van der Waals surface area contributed by atoms with Gasteiger partial charge in [-0.2, -0.15) is 0 Å². The molecule has 0 spiro atoms. The van der Waals surface area contributed by atoms with Crippen LogP contribution in [0.2, 0.25) is 0 Å². The Morgan fingerprint density at radius 3 is 2.50 bits per heavy atom. The van der Waals surface area contributed by atoms with Crippen molar-refractivity contribution < 1.29 is 9.53 Å². The number of carbonyl (C=O) groups excluding carboxylic acids is 1. The molecule has 1 saturated carbocycles. The van der Waals surface area contributed by atoms with Gasteiger partial charge in [-0.3, -0.25) is 4.79 Å². The zero-order valence-corrected chi connectivity index (χ0v) is 9.00. The third-order valence-electron chi connectivity index (χ3n) is 2.93. The molecule has 1 amide bonds. The molecule has 0 heterocycles. The summed E-state index contributed by atoms with van der Waals surface area (Å²) in [5, 5.41) is 0.